The van der Waals surface area contributed by atoms with Crippen molar-refractivity contribution in [3.63, 3.8) is 0 Å². The van der Waals surface area contributed by atoms with Crippen LogP contribution in [-0.4, -0.2) is 21.5 Å². The third-order valence-electron chi connectivity index (χ3n) is 2.94. The van der Waals surface area contributed by atoms with Gasteiger partial charge in [-0.3, -0.25) is 0 Å². The topological polar surface area (TPSA) is 65.4 Å². The standard InChI is InChI=1S/C14H14N4O/c1-19-12-3-5-14-17-11(8-18(14)9-12)6-10-2-4-13(15)16-7-10/h2-5,7-9H,6H2,1H3,(H2,15,16). The second kappa shape index (κ2) is 4.61. The summed E-state index contributed by atoms with van der Waals surface area (Å²) >= 11 is 0. The summed E-state index contributed by atoms with van der Waals surface area (Å²) in [5.74, 6) is 1.34. The number of imidazole rings is 1. The molecular weight excluding hydrogens is 240 g/mol. The highest BCUT2D eigenvalue weighted by Crippen LogP contribution is 2.15. The molecule has 5 heteroatoms. The van der Waals surface area contributed by atoms with E-state index in [0.717, 1.165) is 29.1 Å². The van der Waals surface area contributed by atoms with Crippen LogP contribution in [0.3, 0.4) is 0 Å². The van der Waals surface area contributed by atoms with Gasteiger partial charge in [0.15, 0.2) is 0 Å². The van der Waals surface area contributed by atoms with Crippen molar-refractivity contribution in [3.8, 4) is 5.75 Å². The minimum absolute atomic E-state index is 0.531. The van der Waals surface area contributed by atoms with Gasteiger partial charge in [0.25, 0.3) is 0 Å². The zero-order valence-electron chi connectivity index (χ0n) is 10.6. The molecule has 0 aromatic carbocycles. The first kappa shape index (κ1) is 11.5. The Balaban J connectivity index is 1.90. The van der Waals surface area contributed by atoms with Crippen LogP contribution in [0.5, 0.6) is 5.75 Å². The van der Waals surface area contributed by atoms with Gasteiger partial charge >= 0.3 is 0 Å². The third kappa shape index (κ3) is 2.35. The number of methoxy groups -OCH3 is 1. The lowest BCUT2D eigenvalue weighted by Crippen LogP contribution is -1.93. The average molecular weight is 254 g/mol. The van der Waals surface area contributed by atoms with Gasteiger partial charge in [-0.1, -0.05) is 6.07 Å². The summed E-state index contributed by atoms with van der Waals surface area (Å²) in [4.78, 5) is 8.63. The molecule has 19 heavy (non-hydrogen) atoms. The van der Waals surface area contributed by atoms with Crippen molar-refractivity contribution in [1.82, 2.24) is 14.4 Å². The molecule has 0 saturated carbocycles. The highest BCUT2D eigenvalue weighted by molar-refractivity contribution is 5.44. The summed E-state index contributed by atoms with van der Waals surface area (Å²) < 4.78 is 7.15. The van der Waals surface area contributed by atoms with E-state index in [-0.39, 0.29) is 0 Å². The quantitative estimate of drug-likeness (QED) is 0.775. The minimum Gasteiger partial charge on any atom is -0.495 e. The Labute approximate surface area is 110 Å². The fraction of sp³-hybridized carbons (Fsp3) is 0.143. The van der Waals surface area contributed by atoms with Gasteiger partial charge in [0.2, 0.25) is 0 Å². The van der Waals surface area contributed by atoms with Crippen LogP contribution >= 0.6 is 0 Å². The van der Waals surface area contributed by atoms with Crippen LogP contribution < -0.4 is 10.5 Å². The molecule has 0 aliphatic rings. The molecule has 0 radical (unpaired) electrons. The van der Waals surface area contributed by atoms with Gasteiger partial charge in [-0.25, -0.2) is 9.97 Å². The lowest BCUT2D eigenvalue weighted by Gasteiger charge is -1.98. The van der Waals surface area contributed by atoms with Crippen LogP contribution in [0.25, 0.3) is 5.65 Å². The number of aromatic nitrogens is 3. The normalized spacial score (nSPS) is 10.8. The minimum atomic E-state index is 0.531. The molecule has 2 N–H and O–H groups in total. The maximum atomic E-state index is 5.57. The molecule has 0 bridgehead atoms. The van der Waals surface area contributed by atoms with Gasteiger partial charge < -0.3 is 14.9 Å². The first-order chi connectivity index (χ1) is 9.24. The summed E-state index contributed by atoms with van der Waals surface area (Å²) in [6, 6.07) is 7.60. The van der Waals surface area contributed by atoms with Crippen molar-refractivity contribution in [2.45, 2.75) is 6.42 Å². The van der Waals surface area contributed by atoms with Gasteiger partial charge in [-0.2, -0.15) is 0 Å². The molecule has 3 aromatic rings. The van der Waals surface area contributed by atoms with E-state index in [9.17, 15) is 0 Å². The number of fused-ring (bicyclic) bond motifs is 1. The molecule has 3 heterocycles. The van der Waals surface area contributed by atoms with Crippen LogP contribution in [0.2, 0.25) is 0 Å². The molecule has 3 rings (SSSR count). The van der Waals surface area contributed by atoms with E-state index in [1.807, 2.05) is 35.0 Å². The van der Waals surface area contributed by atoms with Gasteiger partial charge in [-0.15, -0.1) is 0 Å². The Kier molecular flexibility index (Phi) is 2.79. The number of ether oxygens (including phenoxy) is 1. The van der Waals surface area contributed by atoms with E-state index in [0.29, 0.717) is 5.82 Å². The molecule has 0 saturated heterocycles. The monoisotopic (exact) mass is 254 g/mol. The zero-order chi connectivity index (χ0) is 13.2. The van der Waals surface area contributed by atoms with Gasteiger partial charge in [0.1, 0.15) is 17.2 Å². The number of nitrogens with zero attached hydrogens (tertiary/aromatic N) is 3. The Morgan fingerprint density at radius 1 is 1.21 bits per heavy atom. The Morgan fingerprint density at radius 2 is 2.11 bits per heavy atom. The number of nitrogen functional groups attached to an aromatic ring is 1. The highest BCUT2D eigenvalue weighted by Gasteiger charge is 2.04. The van der Waals surface area contributed by atoms with E-state index < -0.39 is 0 Å². The van der Waals surface area contributed by atoms with E-state index >= 15 is 0 Å². The highest BCUT2D eigenvalue weighted by atomic mass is 16.5. The number of rotatable bonds is 3. The van der Waals surface area contributed by atoms with E-state index in [1.54, 1.807) is 19.4 Å². The largest absolute Gasteiger partial charge is 0.495 e. The number of nitrogens with two attached hydrogens (primary N) is 1. The van der Waals surface area contributed by atoms with Crippen LogP contribution in [0, 0.1) is 0 Å². The molecule has 0 atom stereocenters. The van der Waals surface area contributed by atoms with E-state index in [2.05, 4.69) is 9.97 Å². The zero-order valence-corrected chi connectivity index (χ0v) is 10.6. The Hall–Kier alpha value is -2.56. The molecule has 0 unspecified atom stereocenters. The van der Waals surface area contributed by atoms with Crippen molar-refractivity contribution in [2.24, 2.45) is 0 Å². The van der Waals surface area contributed by atoms with E-state index in [1.165, 1.54) is 0 Å². The summed E-state index contributed by atoms with van der Waals surface area (Å²) in [6.07, 6.45) is 6.42. The SMILES string of the molecule is COc1ccc2nc(Cc3ccc(N)nc3)cn2c1. The Bertz CT molecular complexity index is 703. The molecule has 0 amide bonds. The second-order valence-corrected chi connectivity index (χ2v) is 4.33. The summed E-state index contributed by atoms with van der Waals surface area (Å²) in [5, 5.41) is 0. The van der Waals surface area contributed by atoms with Gasteiger partial charge in [0, 0.05) is 18.8 Å². The van der Waals surface area contributed by atoms with E-state index in [4.69, 9.17) is 10.5 Å². The fourth-order valence-electron chi connectivity index (χ4n) is 1.98. The molecule has 96 valence electrons. The second-order valence-electron chi connectivity index (χ2n) is 4.33. The van der Waals surface area contributed by atoms with Crippen molar-refractivity contribution in [3.05, 3.63) is 54.1 Å². The number of anilines is 1. The maximum absolute atomic E-state index is 5.57. The number of hydrogen-bond acceptors (Lipinski definition) is 4. The third-order valence-corrected chi connectivity index (χ3v) is 2.94. The molecule has 0 spiro atoms. The number of hydrogen-bond donors (Lipinski definition) is 1. The van der Waals surface area contributed by atoms with Crippen molar-refractivity contribution < 1.29 is 4.74 Å². The molecule has 0 fully saturated rings. The predicted molar refractivity (Wildman–Crippen MR) is 73.2 cm³/mol. The predicted octanol–water partition coefficient (Wildman–Crippen LogP) is 1.91. The molecule has 0 aliphatic heterocycles. The van der Waals surface area contributed by atoms with Gasteiger partial charge in [0.05, 0.1) is 19.0 Å². The van der Waals surface area contributed by atoms with Crippen molar-refractivity contribution >= 4 is 11.5 Å². The summed E-state index contributed by atoms with van der Waals surface area (Å²) in [6.45, 7) is 0. The van der Waals surface area contributed by atoms with Crippen LogP contribution in [-0.2, 0) is 6.42 Å². The lowest BCUT2D eigenvalue weighted by atomic mass is 10.2. The molecule has 3 aromatic heterocycles. The van der Waals surface area contributed by atoms with Crippen molar-refractivity contribution in [2.75, 3.05) is 12.8 Å². The van der Waals surface area contributed by atoms with Gasteiger partial charge in [-0.05, 0) is 23.8 Å². The van der Waals surface area contributed by atoms with Crippen LogP contribution in [0.4, 0.5) is 5.82 Å². The fourth-order valence-corrected chi connectivity index (χ4v) is 1.98. The maximum Gasteiger partial charge on any atom is 0.137 e. The molecule has 0 aliphatic carbocycles. The molecular formula is C14H14N4O. The summed E-state index contributed by atoms with van der Waals surface area (Å²) in [5.41, 5.74) is 8.54. The van der Waals surface area contributed by atoms with Crippen molar-refractivity contribution in [1.29, 1.82) is 0 Å². The summed E-state index contributed by atoms with van der Waals surface area (Å²) in [7, 11) is 1.65. The lowest BCUT2D eigenvalue weighted by molar-refractivity contribution is 0.412. The first-order valence-electron chi connectivity index (χ1n) is 5.96. The average Bonchev–Trinajstić information content (AvgIpc) is 2.82. The van der Waals surface area contributed by atoms with Crippen LogP contribution in [0.1, 0.15) is 11.3 Å². The van der Waals surface area contributed by atoms with Crippen LogP contribution in [0.15, 0.2) is 42.9 Å². The Morgan fingerprint density at radius 3 is 2.84 bits per heavy atom. The smallest absolute Gasteiger partial charge is 0.137 e. The first-order valence-corrected chi connectivity index (χ1v) is 5.96. The number of pyridine rings is 2. The molecule has 5 nitrogen and oxygen atoms in total.